The van der Waals surface area contributed by atoms with E-state index in [1.807, 2.05) is 13.8 Å². The van der Waals surface area contributed by atoms with Crippen LogP contribution < -0.4 is 9.47 Å². The van der Waals surface area contributed by atoms with E-state index in [4.69, 9.17) is 9.47 Å². The highest BCUT2D eigenvalue weighted by Crippen LogP contribution is 2.29. The Morgan fingerprint density at radius 1 is 1.17 bits per heavy atom. The predicted molar refractivity (Wildman–Crippen MR) is 108 cm³/mol. The van der Waals surface area contributed by atoms with Gasteiger partial charge in [-0.1, -0.05) is 13.0 Å². The van der Waals surface area contributed by atoms with Gasteiger partial charge < -0.3 is 18.8 Å². The zero-order valence-corrected chi connectivity index (χ0v) is 17.4. The summed E-state index contributed by atoms with van der Waals surface area (Å²) < 4.78 is 41.2. The Balaban J connectivity index is 1.98. The summed E-state index contributed by atoms with van der Waals surface area (Å²) in [4.78, 5) is 24.4. The predicted octanol–water partition coefficient (Wildman–Crippen LogP) is 4.56. The highest BCUT2D eigenvalue weighted by atomic mass is 19.3. The van der Waals surface area contributed by atoms with Crippen LogP contribution in [0.25, 0.3) is 6.08 Å². The minimum Gasteiger partial charge on any atom is -0.493 e. The topological polar surface area (TPSA) is 66.8 Å². The number of esters is 1. The molecule has 1 aromatic heterocycles. The summed E-state index contributed by atoms with van der Waals surface area (Å²) in [6.07, 6.45) is 3.52. The number of hydrogen-bond acceptors (Lipinski definition) is 5. The molecule has 0 bridgehead atoms. The van der Waals surface area contributed by atoms with Crippen LogP contribution in [-0.4, -0.2) is 36.6 Å². The molecule has 1 aromatic carbocycles. The molecular formula is C22H25F2NO5. The van der Waals surface area contributed by atoms with Crippen molar-refractivity contribution in [1.29, 1.82) is 0 Å². The summed E-state index contributed by atoms with van der Waals surface area (Å²) in [7, 11) is 1.32. The first-order chi connectivity index (χ1) is 14.3. The van der Waals surface area contributed by atoms with E-state index in [-0.39, 0.29) is 23.9 Å². The molecule has 0 unspecified atom stereocenters. The van der Waals surface area contributed by atoms with Crippen molar-refractivity contribution in [3.63, 3.8) is 0 Å². The lowest BCUT2D eigenvalue weighted by Crippen LogP contribution is -2.13. The molecule has 0 saturated carbocycles. The van der Waals surface area contributed by atoms with Crippen molar-refractivity contribution < 1.29 is 32.6 Å². The molecule has 0 spiro atoms. The summed E-state index contributed by atoms with van der Waals surface area (Å²) in [6.45, 7) is 3.33. The third-order valence-corrected chi connectivity index (χ3v) is 4.48. The molecule has 0 aliphatic heterocycles. The number of alkyl halides is 2. The molecule has 30 heavy (non-hydrogen) atoms. The van der Waals surface area contributed by atoms with Gasteiger partial charge in [-0.25, -0.2) is 4.79 Å². The number of benzene rings is 1. The highest BCUT2D eigenvalue weighted by molar-refractivity contribution is 6.00. The van der Waals surface area contributed by atoms with Crippen LogP contribution in [0, 0.1) is 13.8 Å². The summed E-state index contributed by atoms with van der Waals surface area (Å²) in [5.74, 6) is -0.984. The number of ether oxygens (including phenoxy) is 3. The van der Waals surface area contributed by atoms with E-state index in [0.717, 1.165) is 30.4 Å². The van der Waals surface area contributed by atoms with E-state index in [0.29, 0.717) is 11.1 Å². The number of carbonyl (C=O) groups excluding carboxylic acids is 2. The molecule has 0 fully saturated rings. The number of Topliss-reactive ketones (excluding diaryl/α,β-unsaturated/α-hetero) is 1. The number of rotatable bonds is 10. The fourth-order valence-electron chi connectivity index (χ4n) is 3.06. The number of aromatic nitrogens is 1. The third-order valence-electron chi connectivity index (χ3n) is 4.48. The van der Waals surface area contributed by atoms with Crippen molar-refractivity contribution in [2.24, 2.45) is 0 Å². The lowest BCUT2D eigenvalue weighted by molar-refractivity contribution is -0.136. The SMILES string of the molecule is CCCn1c(C)cc(C(=O)COC(=O)/C=C/c2ccc(OC(F)F)c(OC)c2)c1C. The number of halogens is 2. The minimum absolute atomic E-state index is 0.100. The van der Waals surface area contributed by atoms with Crippen molar-refractivity contribution >= 4 is 17.8 Å². The van der Waals surface area contributed by atoms with Crippen molar-refractivity contribution in [2.45, 2.75) is 40.3 Å². The number of nitrogens with zero attached hydrogens (tertiary/aromatic N) is 1. The van der Waals surface area contributed by atoms with Crippen molar-refractivity contribution in [2.75, 3.05) is 13.7 Å². The molecule has 0 N–H and O–H groups in total. The Labute approximate surface area is 174 Å². The van der Waals surface area contributed by atoms with E-state index >= 15 is 0 Å². The fourth-order valence-corrected chi connectivity index (χ4v) is 3.06. The molecule has 8 heteroatoms. The average Bonchev–Trinajstić information content (AvgIpc) is 2.99. The quantitative estimate of drug-likeness (QED) is 0.320. The van der Waals surface area contributed by atoms with Gasteiger partial charge in [-0.3, -0.25) is 4.79 Å². The monoisotopic (exact) mass is 421 g/mol. The summed E-state index contributed by atoms with van der Waals surface area (Å²) >= 11 is 0. The van der Waals surface area contributed by atoms with Crippen molar-refractivity contribution in [3.8, 4) is 11.5 Å². The Morgan fingerprint density at radius 2 is 1.90 bits per heavy atom. The van der Waals surface area contributed by atoms with Crippen LogP contribution in [0.3, 0.4) is 0 Å². The number of carbonyl (C=O) groups is 2. The minimum atomic E-state index is -2.97. The lowest BCUT2D eigenvalue weighted by Gasteiger charge is -2.10. The second-order valence-electron chi connectivity index (χ2n) is 6.59. The van der Waals surface area contributed by atoms with Crippen LogP contribution in [0.1, 0.15) is 40.7 Å². The van der Waals surface area contributed by atoms with Crippen molar-refractivity contribution in [1.82, 2.24) is 4.57 Å². The van der Waals surface area contributed by atoms with Crippen LogP contribution in [0.15, 0.2) is 30.3 Å². The molecule has 0 amide bonds. The largest absolute Gasteiger partial charge is 0.493 e. The Kier molecular flexibility index (Phi) is 8.15. The number of aryl methyl sites for hydroxylation is 1. The maximum atomic E-state index is 12.4. The standard InChI is InChI=1S/C22H25F2NO5/c1-5-10-25-14(2)11-17(15(25)3)18(26)13-29-21(27)9-7-16-6-8-19(30-22(23)24)20(12-16)28-4/h6-9,11-12,22H,5,10,13H2,1-4H3/b9-7+. The van der Waals surface area contributed by atoms with E-state index in [1.54, 1.807) is 6.07 Å². The molecule has 2 aromatic rings. The van der Waals surface area contributed by atoms with E-state index in [1.165, 1.54) is 31.4 Å². The van der Waals surface area contributed by atoms with Gasteiger partial charge in [-0.05, 0) is 50.1 Å². The van der Waals surface area contributed by atoms with Gasteiger partial charge in [0.2, 0.25) is 5.78 Å². The van der Waals surface area contributed by atoms with Gasteiger partial charge in [0.25, 0.3) is 0 Å². The van der Waals surface area contributed by atoms with Gasteiger partial charge in [0.15, 0.2) is 18.1 Å². The van der Waals surface area contributed by atoms with Gasteiger partial charge in [-0.15, -0.1) is 0 Å². The molecule has 6 nitrogen and oxygen atoms in total. The molecule has 0 radical (unpaired) electrons. The van der Waals surface area contributed by atoms with Gasteiger partial charge in [0.05, 0.1) is 7.11 Å². The Hall–Kier alpha value is -3.16. The first-order valence-corrected chi connectivity index (χ1v) is 9.44. The van der Waals surface area contributed by atoms with E-state index in [9.17, 15) is 18.4 Å². The van der Waals surface area contributed by atoms with Crippen LogP contribution in [-0.2, 0) is 16.1 Å². The van der Waals surface area contributed by atoms with Gasteiger partial charge >= 0.3 is 12.6 Å². The van der Waals surface area contributed by atoms with Crippen LogP contribution in [0.2, 0.25) is 0 Å². The first-order valence-electron chi connectivity index (χ1n) is 9.44. The zero-order valence-electron chi connectivity index (χ0n) is 17.4. The normalized spacial score (nSPS) is 11.2. The lowest BCUT2D eigenvalue weighted by atomic mass is 10.1. The summed E-state index contributed by atoms with van der Waals surface area (Å²) in [6, 6.07) is 6.03. The van der Waals surface area contributed by atoms with E-state index in [2.05, 4.69) is 16.2 Å². The smallest absolute Gasteiger partial charge is 0.387 e. The molecule has 0 saturated heterocycles. The second-order valence-corrected chi connectivity index (χ2v) is 6.59. The van der Waals surface area contributed by atoms with Crippen molar-refractivity contribution in [3.05, 3.63) is 52.9 Å². The molecule has 0 aliphatic rings. The Morgan fingerprint density at radius 3 is 2.53 bits per heavy atom. The second kappa shape index (κ2) is 10.6. The molecule has 162 valence electrons. The molecule has 0 aliphatic carbocycles. The first kappa shape index (κ1) is 23.1. The summed E-state index contributed by atoms with van der Waals surface area (Å²) in [5, 5.41) is 0. The third kappa shape index (κ3) is 5.92. The molecule has 1 heterocycles. The Bertz CT molecular complexity index is 934. The number of hydrogen-bond donors (Lipinski definition) is 0. The maximum absolute atomic E-state index is 12.4. The fraction of sp³-hybridized carbons (Fsp3) is 0.364. The van der Waals surface area contributed by atoms with E-state index < -0.39 is 12.6 Å². The molecule has 2 rings (SSSR count). The summed E-state index contributed by atoms with van der Waals surface area (Å²) in [5.41, 5.74) is 2.89. The number of methoxy groups -OCH3 is 1. The van der Waals surface area contributed by atoms with Gasteiger partial charge in [-0.2, -0.15) is 8.78 Å². The average molecular weight is 421 g/mol. The van der Waals surface area contributed by atoms with Crippen LogP contribution in [0.4, 0.5) is 8.78 Å². The van der Waals surface area contributed by atoms with Gasteiger partial charge in [0, 0.05) is 29.6 Å². The zero-order chi connectivity index (χ0) is 22.3. The van der Waals surface area contributed by atoms with Gasteiger partial charge in [0.1, 0.15) is 0 Å². The maximum Gasteiger partial charge on any atom is 0.387 e. The van der Waals surface area contributed by atoms with Crippen LogP contribution >= 0.6 is 0 Å². The highest BCUT2D eigenvalue weighted by Gasteiger charge is 2.16. The molecular weight excluding hydrogens is 396 g/mol. The number of ketones is 1. The van der Waals surface area contributed by atoms with Crippen LogP contribution in [0.5, 0.6) is 11.5 Å². The molecule has 0 atom stereocenters.